The van der Waals surface area contributed by atoms with Crippen LogP contribution in [0.3, 0.4) is 0 Å². The number of rotatable bonds is 0. The van der Waals surface area contributed by atoms with E-state index in [-0.39, 0.29) is 0 Å². The number of nitrogen functional groups attached to an aromatic ring is 4. The second-order valence-electron chi connectivity index (χ2n) is 4.34. The third-order valence-electron chi connectivity index (χ3n) is 3.42. The molecule has 0 heterocycles. The Labute approximate surface area is 99.2 Å². The zero-order valence-corrected chi connectivity index (χ0v) is 9.33. The first-order chi connectivity index (χ1) is 8.11. The van der Waals surface area contributed by atoms with E-state index in [0.717, 1.165) is 23.1 Å². The molecular weight excluding hydrogens is 212 g/mol. The molecule has 0 saturated carbocycles. The predicted molar refractivity (Wildman–Crippen MR) is 72.3 cm³/mol. The van der Waals surface area contributed by atoms with Crippen LogP contribution in [0.2, 0.25) is 0 Å². The summed E-state index contributed by atoms with van der Waals surface area (Å²) in [6.07, 6.45) is 0.770. The maximum absolute atomic E-state index is 6.06. The van der Waals surface area contributed by atoms with E-state index in [9.17, 15) is 0 Å². The van der Waals surface area contributed by atoms with Crippen molar-refractivity contribution in [2.75, 3.05) is 22.9 Å². The summed E-state index contributed by atoms with van der Waals surface area (Å²) in [7, 11) is 0. The standard InChI is InChI=1S/C13H14N4/c14-10-8-5-6-3-1-2-4-7(6)9(8)11(15)13(17)12(10)16/h1-4H,5,14-17H2. The molecule has 17 heavy (non-hydrogen) atoms. The Kier molecular flexibility index (Phi) is 1.78. The molecule has 0 fully saturated rings. The summed E-state index contributed by atoms with van der Waals surface area (Å²) in [6.45, 7) is 0. The normalized spacial score (nSPS) is 12.2. The van der Waals surface area contributed by atoms with E-state index >= 15 is 0 Å². The molecule has 2 aromatic carbocycles. The molecule has 0 radical (unpaired) electrons. The van der Waals surface area contributed by atoms with Crippen molar-refractivity contribution in [1.29, 1.82) is 0 Å². The van der Waals surface area contributed by atoms with Gasteiger partial charge in [-0.25, -0.2) is 0 Å². The summed E-state index contributed by atoms with van der Waals surface area (Å²) in [5.41, 5.74) is 30.0. The van der Waals surface area contributed by atoms with Crippen LogP contribution in [-0.4, -0.2) is 0 Å². The lowest BCUT2D eigenvalue weighted by Crippen LogP contribution is -2.07. The number of hydrogen-bond donors (Lipinski definition) is 4. The molecule has 4 nitrogen and oxygen atoms in total. The maximum Gasteiger partial charge on any atom is 0.0809 e. The largest absolute Gasteiger partial charge is 0.397 e. The van der Waals surface area contributed by atoms with Crippen LogP contribution in [-0.2, 0) is 6.42 Å². The highest BCUT2D eigenvalue weighted by Gasteiger charge is 2.25. The second-order valence-corrected chi connectivity index (χ2v) is 4.34. The zero-order chi connectivity index (χ0) is 12.2. The molecule has 1 aliphatic rings. The molecule has 0 aromatic heterocycles. The van der Waals surface area contributed by atoms with Gasteiger partial charge >= 0.3 is 0 Å². The number of fused-ring (bicyclic) bond motifs is 3. The third kappa shape index (κ3) is 1.12. The summed E-state index contributed by atoms with van der Waals surface area (Å²) in [4.78, 5) is 0. The molecule has 1 aliphatic carbocycles. The average Bonchev–Trinajstić information content (AvgIpc) is 2.73. The molecular formula is C13H14N4. The molecule has 86 valence electrons. The molecule has 8 N–H and O–H groups in total. The molecule has 3 rings (SSSR count). The Hall–Kier alpha value is -2.36. The zero-order valence-electron chi connectivity index (χ0n) is 9.33. The summed E-state index contributed by atoms with van der Waals surface area (Å²) in [6, 6.07) is 8.09. The fraction of sp³-hybridized carbons (Fsp3) is 0.0769. The predicted octanol–water partition coefficient (Wildman–Crippen LogP) is 1.59. The van der Waals surface area contributed by atoms with Gasteiger partial charge in [-0.05, 0) is 16.7 Å². The van der Waals surface area contributed by atoms with Crippen molar-refractivity contribution >= 4 is 22.7 Å². The minimum Gasteiger partial charge on any atom is -0.397 e. The lowest BCUT2D eigenvalue weighted by Gasteiger charge is -2.14. The van der Waals surface area contributed by atoms with Crippen molar-refractivity contribution in [3.63, 3.8) is 0 Å². The van der Waals surface area contributed by atoms with E-state index < -0.39 is 0 Å². The van der Waals surface area contributed by atoms with Gasteiger partial charge in [0.1, 0.15) is 0 Å². The van der Waals surface area contributed by atoms with Gasteiger partial charge in [-0.2, -0.15) is 0 Å². The van der Waals surface area contributed by atoms with Crippen LogP contribution in [0.1, 0.15) is 11.1 Å². The first kappa shape index (κ1) is 9.84. The van der Waals surface area contributed by atoms with E-state index in [1.54, 1.807) is 0 Å². The molecule has 0 atom stereocenters. The van der Waals surface area contributed by atoms with Crippen molar-refractivity contribution in [3.8, 4) is 11.1 Å². The van der Waals surface area contributed by atoms with E-state index in [1.807, 2.05) is 18.2 Å². The fourth-order valence-corrected chi connectivity index (χ4v) is 2.48. The Morgan fingerprint density at radius 3 is 2.18 bits per heavy atom. The van der Waals surface area contributed by atoms with Crippen LogP contribution in [0.15, 0.2) is 24.3 Å². The van der Waals surface area contributed by atoms with E-state index in [0.29, 0.717) is 22.7 Å². The van der Waals surface area contributed by atoms with Gasteiger partial charge in [0.05, 0.1) is 22.7 Å². The van der Waals surface area contributed by atoms with Gasteiger partial charge in [-0.3, -0.25) is 0 Å². The van der Waals surface area contributed by atoms with Gasteiger partial charge in [-0.15, -0.1) is 0 Å². The summed E-state index contributed by atoms with van der Waals surface area (Å²) in [5.74, 6) is 0. The van der Waals surface area contributed by atoms with Gasteiger partial charge in [0.15, 0.2) is 0 Å². The minimum absolute atomic E-state index is 0.387. The third-order valence-corrected chi connectivity index (χ3v) is 3.42. The highest BCUT2D eigenvalue weighted by Crippen LogP contribution is 2.48. The monoisotopic (exact) mass is 226 g/mol. The van der Waals surface area contributed by atoms with Gasteiger partial charge in [0.25, 0.3) is 0 Å². The topological polar surface area (TPSA) is 104 Å². The number of nitrogens with two attached hydrogens (primary N) is 4. The van der Waals surface area contributed by atoms with Crippen molar-refractivity contribution < 1.29 is 0 Å². The molecule has 0 aliphatic heterocycles. The highest BCUT2D eigenvalue weighted by atomic mass is 14.8. The maximum atomic E-state index is 6.06. The highest BCUT2D eigenvalue weighted by molar-refractivity contribution is 6.02. The first-order valence-electron chi connectivity index (χ1n) is 5.44. The Balaban J connectivity index is 2.41. The summed E-state index contributed by atoms with van der Waals surface area (Å²) >= 11 is 0. The molecule has 0 unspecified atom stereocenters. The van der Waals surface area contributed by atoms with Gasteiger partial charge < -0.3 is 22.9 Å². The van der Waals surface area contributed by atoms with Crippen LogP contribution in [0.25, 0.3) is 11.1 Å². The lowest BCUT2D eigenvalue weighted by atomic mass is 10.00. The van der Waals surface area contributed by atoms with Crippen LogP contribution in [0.5, 0.6) is 0 Å². The average molecular weight is 226 g/mol. The quantitative estimate of drug-likeness (QED) is 0.437. The van der Waals surface area contributed by atoms with Crippen molar-refractivity contribution in [3.05, 3.63) is 35.4 Å². The van der Waals surface area contributed by atoms with Gasteiger partial charge in [0, 0.05) is 12.0 Å². The Bertz CT molecular complexity index is 632. The molecule has 4 heteroatoms. The molecule has 0 spiro atoms. The molecule has 0 saturated heterocycles. The number of anilines is 4. The summed E-state index contributed by atoms with van der Waals surface area (Å²) < 4.78 is 0. The first-order valence-corrected chi connectivity index (χ1v) is 5.44. The van der Waals surface area contributed by atoms with E-state index in [2.05, 4.69) is 6.07 Å². The smallest absolute Gasteiger partial charge is 0.0809 e. The van der Waals surface area contributed by atoms with E-state index in [1.165, 1.54) is 5.56 Å². The lowest BCUT2D eigenvalue weighted by molar-refractivity contribution is 1.27. The van der Waals surface area contributed by atoms with Crippen molar-refractivity contribution in [2.24, 2.45) is 0 Å². The Morgan fingerprint density at radius 2 is 1.41 bits per heavy atom. The van der Waals surface area contributed by atoms with Crippen LogP contribution >= 0.6 is 0 Å². The molecule has 2 aromatic rings. The van der Waals surface area contributed by atoms with Gasteiger partial charge in [0.2, 0.25) is 0 Å². The molecule has 0 amide bonds. The molecule has 0 bridgehead atoms. The fourth-order valence-electron chi connectivity index (χ4n) is 2.48. The van der Waals surface area contributed by atoms with Gasteiger partial charge in [-0.1, -0.05) is 24.3 Å². The Morgan fingerprint density at radius 1 is 0.765 bits per heavy atom. The van der Waals surface area contributed by atoms with Crippen LogP contribution in [0, 0.1) is 0 Å². The summed E-state index contributed by atoms with van der Waals surface area (Å²) in [5, 5.41) is 0. The van der Waals surface area contributed by atoms with Crippen molar-refractivity contribution in [1.82, 2.24) is 0 Å². The number of benzene rings is 2. The minimum atomic E-state index is 0.387. The van der Waals surface area contributed by atoms with Crippen LogP contribution in [0.4, 0.5) is 22.7 Å². The van der Waals surface area contributed by atoms with Crippen molar-refractivity contribution in [2.45, 2.75) is 6.42 Å². The SMILES string of the molecule is Nc1c(N)c(N)c2c(c1N)Cc1ccccc1-2. The van der Waals surface area contributed by atoms with E-state index in [4.69, 9.17) is 22.9 Å². The number of hydrogen-bond acceptors (Lipinski definition) is 4. The second kappa shape index (κ2) is 3.07. The van der Waals surface area contributed by atoms with Crippen LogP contribution < -0.4 is 22.9 Å².